The van der Waals surface area contributed by atoms with Gasteiger partial charge in [-0.2, -0.15) is 0 Å². The molecule has 1 N–H and O–H groups in total. The molecule has 0 radical (unpaired) electrons. The molecule has 26 heavy (non-hydrogen) atoms. The summed E-state index contributed by atoms with van der Waals surface area (Å²) in [7, 11) is 1.68. The van der Waals surface area contributed by atoms with Gasteiger partial charge >= 0.3 is 0 Å². The van der Waals surface area contributed by atoms with Crippen LogP contribution in [0.25, 0.3) is 5.65 Å². The number of rotatable bonds is 7. The normalized spacial score (nSPS) is 13.0. The van der Waals surface area contributed by atoms with E-state index in [-0.39, 0.29) is 5.82 Å². The van der Waals surface area contributed by atoms with Gasteiger partial charge < -0.3 is 14.8 Å². The van der Waals surface area contributed by atoms with Crippen molar-refractivity contribution in [3.05, 3.63) is 47.2 Å². The van der Waals surface area contributed by atoms with Crippen molar-refractivity contribution >= 4 is 11.6 Å². The van der Waals surface area contributed by atoms with E-state index in [4.69, 9.17) is 9.47 Å². The van der Waals surface area contributed by atoms with Gasteiger partial charge in [0.15, 0.2) is 5.65 Å². The highest BCUT2D eigenvalue weighted by Crippen LogP contribution is 2.30. The Kier molecular flexibility index (Phi) is 4.66. The Morgan fingerprint density at radius 1 is 1.38 bits per heavy atom. The van der Waals surface area contributed by atoms with Crippen LogP contribution in [0, 0.1) is 5.82 Å². The van der Waals surface area contributed by atoms with Gasteiger partial charge in [0.2, 0.25) is 5.95 Å². The predicted molar refractivity (Wildman–Crippen MR) is 93.9 cm³/mol. The minimum absolute atomic E-state index is 0.238. The van der Waals surface area contributed by atoms with Crippen LogP contribution in [-0.4, -0.2) is 39.9 Å². The average Bonchev–Trinajstić information content (AvgIpc) is 3.31. The van der Waals surface area contributed by atoms with Gasteiger partial charge in [-0.1, -0.05) is 0 Å². The number of halogens is 1. The van der Waals surface area contributed by atoms with E-state index in [0.717, 1.165) is 41.8 Å². The SMILES string of the molecule is COCCCc1cnc(NCc2c(F)ccc3c2CCO3)n2cnnc12. The van der Waals surface area contributed by atoms with Gasteiger partial charge in [0.05, 0.1) is 6.61 Å². The van der Waals surface area contributed by atoms with Crippen molar-refractivity contribution in [3.63, 3.8) is 0 Å². The topological polar surface area (TPSA) is 73.6 Å². The fourth-order valence-corrected chi connectivity index (χ4v) is 3.26. The Hall–Kier alpha value is -2.74. The monoisotopic (exact) mass is 357 g/mol. The molecular weight excluding hydrogens is 337 g/mol. The fraction of sp³-hybridized carbons (Fsp3) is 0.389. The van der Waals surface area contributed by atoms with Crippen molar-refractivity contribution in [2.24, 2.45) is 0 Å². The zero-order valence-corrected chi connectivity index (χ0v) is 14.5. The first kappa shape index (κ1) is 16.7. The second-order valence-electron chi connectivity index (χ2n) is 6.18. The van der Waals surface area contributed by atoms with Crippen molar-refractivity contribution in [1.82, 2.24) is 19.6 Å². The van der Waals surface area contributed by atoms with Crippen LogP contribution < -0.4 is 10.1 Å². The molecule has 136 valence electrons. The van der Waals surface area contributed by atoms with Gasteiger partial charge in [-0.3, -0.25) is 4.40 Å². The largest absolute Gasteiger partial charge is 0.493 e. The van der Waals surface area contributed by atoms with Crippen LogP contribution in [0.15, 0.2) is 24.7 Å². The molecule has 0 amide bonds. The molecule has 0 atom stereocenters. The van der Waals surface area contributed by atoms with Crippen LogP contribution in [0.1, 0.15) is 23.1 Å². The second kappa shape index (κ2) is 7.25. The van der Waals surface area contributed by atoms with Crippen LogP contribution in [0.2, 0.25) is 0 Å². The summed E-state index contributed by atoms with van der Waals surface area (Å²) in [5, 5.41) is 11.4. The minimum Gasteiger partial charge on any atom is -0.493 e. The number of benzene rings is 1. The molecule has 1 aliphatic heterocycles. The van der Waals surface area contributed by atoms with Crippen molar-refractivity contribution < 1.29 is 13.9 Å². The number of nitrogens with zero attached hydrogens (tertiary/aromatic N) is 4. The number of fused-ring (bicyclic) bond motifs is 2. The number of methoxy groups -OCH3 is 1. The summed E-state index contributed by atoms with van der Waals surface area (Å²) in [5.41, 5.74) is 3.30. The molecule has 0 saturated heterocycles. The highest BCUT2D eigenvalue weighted by Gasteiger charge is 2.19. The highest BCUT2D eigenvalue weighted by atomic mass is 19.1. The minimum atomic E-state index is -0.238. The zero-order chi connectivity index (χ0) is 17.9. The van der Waals surface area contributed by atoms with Crippen molar-refractivity contribution in [2.45, 2.75) is 25.8 Å². The Labute approximate surface area is 150 Å². The molecule has 0 fully saturated rings. The first-order chi connectivity index (χ1) is 12.8. The lowest BCUT2D eigenvalue weighted by Crippen LogP contribution is -2.10. The molecule has 1 aliphatic rings. The van der Waals surface area contributed by atoms with Crippen LogP contribution in [0.4, 0.5) is 10.3 Å². The summed E-state index contributed by atoms with van der Waals surface area (Å²) in [6.07, 6.45) is 5.81. The van der Waals surface area contributed by atoms with Crippen LogP contribution in [0.5, 0.6) is 5.75 Å². The second-order valence-corrected chi connectivity index (χ2v) is 6.18. The van der Waals surface area contributed by atoms with Gasteiger partial charge in [0, 0.05) is 49.6 Å². The lowest BCUT2D eigenvalue weighted by atomic mass is 10.0. The van der Waals surface area contributed by atoms with Crippen LogP contribution >= 0.6 is 0 Å². The first-order valence-corrected chi connectivity index (χ1v) is 8.61. The first-order valence-electron chi connectivity index (χ1n) is 8.61. The predicted octanol–water partition coefficient (Wildman–Crippen LogP) is 2.39. The third-order valence-corrected chi connectivity index (χ3v) is 4.56. The van der Waals surface area contributed by atoms with Gasteiger partial charge in [-0.05, 0) is 25.0 Å². The molecule has 1 aromatic carbocycles. The molecule has 3 heterocycles. The lowest BCUT2D eigenvalue weighted by molar-refractivity contribution is 0.195. The summed E-state index contributed by atoms with van der Waals surface area (Å²) >= 11 is 0. The summed E-state index contributed by atoms with van der Waals surface area (Å²) in [6, 6.07) is 3.13. The molecule has 7 nitrogen and oxygen atoms in total. The molecule has 3 aromatic rings. The smallest absolute Gasteiger partial charge is 0.210 e. The lowest BCUT2D eigenvalue weighted by Gasteiger charge is -2.12. The number of anilines is 1. The summed E-state index contributed by atoms with van der Waals surface area (Å²) in [6.45, 7) is 1.60. The van der Waals surface area contributed by atoms with E-state index < -0.39 is 0 Å². The van der Waals surface area contributed by atoms with E-state index in [1.807, 2.05) is 0 Å². The van der Waals surface area contributed by atoms with Gasteiger partial charge in [-0.15, -0.1) is 10.2 Å². The quantitative estimate of drug-likeness (QED) is 0.655. The van der Waals surface area contributed by atoms with E-state index in [1.54, 1.807) is 30.1 Å². The molecule has 0 bridgehead atoms. The number of hydrogen-bond acceptors (Lipinski definition) is 6. The summed E-state index contributed by atoms with van der Waals surface area (Å²) in [4.78, 5) is 4.47. The van der Waals surface area contributed by atoms with E-state index in [9.17, 15) is 4.39 Å². The van der Waals surface area contributed by atoms with Crippen LogP contribution in [0.3, 0.4) is 0 Å². The van der Waals surface area contributed by atoms with Gasteiger partial charge in [-0.25, -0.2) is 9.37 Å². The Bertz CT molecular complexity index is 927. The maximum absolute atomic E-state index is 14.3. The number of aromatic nitrogens is 4. The van der Waals surface area contributed by atoms with Crippen molar-refractivity contribution in [3.8, 4) is 5.75 Å². The number of ether oxygens (including phenoxy) is 2. The highest BCUT2D eigenvalue weighted by molar-refractivity contribution is 5.51. The van der Waals surface area contributed by atoms with Crippen molar-refractivity contribution in [2.75, 3.05) is 25.6 Å². The molecule has 4 rings (SSSR count). The third kappa shape index (κ3) is 3.08. The van der Waals surface area contributed by atoms with E-state index in [0.29, 0.717) is 31.3 Å². The molecule has 2 aromatic heterocycles. The standard InChI is InChI=1S/C18H20FN5O2/c1-25-7-2-3-12-9-20-18(24-11-22-23-17(12)24)21-10-14-13-6-8-26-16(13)5-4-15(14)19/h4-5,9,11H,2-3,6-8,10H2,1H3,(H,20,21). The fourth-order valence-electron chi connectivity index (χ4n) is 3.26. The number of aryl methyl sites for hydroxylation is 1. The average molecular weight is 357 g/mol. The summed E-state index contributed by atoms with van der Waals surface area (Å²) in [5.74, 6) is 1.11. The van der Waals surface area contributed by atoms with Gasteiger partial charge in [0.1, 0.15) is 17.9 Å². The molecular formula is C18H20FN5O2. The summed E-state index contributed by atoms with van der Waals surface area (Å²) < 4.78 is 26.7. The molecule has 0 saturated carbocycles. The zero-order valence-electron chi connectivity index (χ0n) is 14.5. The maximum Gasteiger partial charge on any atom is 0.210 e. The van der Waals surface area contributed by atoms with Gasteiger partial charge in [0.25, 0.3) is 0 Å². The number of hydrogen-bond donors (Lipinski definition) is 1. The Balaban J connectivity index is 1.57. The molecule has 0 spiro atoms. The third-order valence-electron chi connectivity index (χ3n) is 4.56. The van der Waals surface area contributed by atoms with Crippen LogP contribution in [-0.2, 0) is 24.1 Å². The van der Waals surface area contributed by atoms with Crippen molar-refractivity contribution in [1.29, 1.82) is 0 Å². The Morgan fingerprint density at radius 2 is 2.31 bits per heavy atom. The van der Waals surface area contributed by atoms with E-state index in [2.05, 4.69) is 20.5 Å². The molecule has 0 unspecified atom stereocenters. The Morgan fingerprint density at radius 3 is 3.19 bits per heavy atom. The van der Waals surface area contributed by atoms with E-state index in [1.165, 1.54) is 6.07 Å². The molecule has 8 heteroatoms. The van der Waals surface area contributed by atoms with E-state index >= 15 is 0 Å². The number of nitrogens with one attached hydrogen (secondary N) is 1. The maximum atomic E-state index is 14.3. The molecule has 0 aliphatic carbocycles.